The molecule has 0 aliphatic carbocycles. The lowest BCUT2D eigenvalue weighted by atomic mass is 10.2. The second-order valence-corrected chi connectivity index (χ2v) is 6.42. The third kappa shape index (κ3) is 3.81. The van der Waals surface area contributed by atoms with Gasteiger partial charge in [0.1, 0.15) is 0 Å². The molecule has 114 valence electrons. The Kier molecular flexibility index (Phi) is 4.65. The molecule has 0 radical (unpaired) electrons. The van der Waals surface area contributed by atoms with E-state index in [0.29, 0.717) is 34.7 Å². The van der Waals surface area contributed by atoms with Crippen LogP contribution in [-0.4, -0.2) is 19.1 Å². The van der Waals surface area contributed by atoms with Gasteiger partial charge in [-0.3, -0.25) is 4.79 Å². The van der Waals surface area contributed by atoms with Crippen LogP contribution >= 0.6 is 22.9 Å². The Morgan fingerprint density at radius 2 is 2.00 bits per heavy atom. The van der Waals surface area contributed by atoms with Crippen molar-refractivity contribution in [3.8, 4) is 11.5 Å². The van der Waals surface area contributed by atoms with E-state index in [1.54, 1.807) is 30.3 Å². The van der Waals surface area contributed by atoms with Crippen LogP contribution in [0.3, 0.4) is 0 Å². The Morgan fingerprint density at radius 3 is 2.77 bits per heavy atom. The van der Waals surface area contributed by atoms with Crippen molar-refractivity contribution in [2.45, 2.75) is 6.42 Å². The van der Waals surface area contributed by atoms with Gasteiger partial charge in [-0.2, -0.15) is 0 Å². The Labute approximate surface area is 137 Å². The number of ether oxygens (including phenoxy) is 2. The van der Waals surface area contributed by atoms with Gasteiger partial charge in [-0.25, -0.2) is 0 Å². The maximum Gasteiger partial charge on any atom is 0.248 e. The second kappa shape index (κ2) is 6.85. The molecule has 3 rings (SSSR count). The molecule has 1 N–H and O–H groups in total. The molecule has 22 heavy (non-hydrogen) atoms. The summed E-state index contributed by atoms with van der Waals surface area (Å²) >= 11 is 7.26. The first-order valence-electron chi connectivity index (χ1n) is 6.85. The van der Waals surface area contributed by atoms with Crippen molar-refractivity contribution in [1.82, 2.24) is 0 Å². The van der Waals surface area contributed by atoms with Gasteiger partial charge in [-0.15, -0.1) is 11.3 Å². The zero-order valence-electron chi connectivity index (χ0n) is 11.7. The van der Waals surface area contributed by atoms with Crippen LogP contribution in [-0.2, 0) is 4.79 Å². The van der Waals surface area contributed by atoms with E-state index in [0.717, 1.165) is 11.3 Å². The van der Waals surface area contributed by atoms with E-state index in [2.05, 4.69) is 5.32 Å². The van der Waals surface area contributed by atoms with E-state index in [9.17, 15) is 4.79 Å². The Bertz CT molecular complexity index is 711. The zero-order valence-corrected chi connectivity index (χ0v) is 13.2. The Balaban J connectivity index is 1.66. The first-order chi connectivity index (χ1) is 10.7. The van der Waals surface area contributed by atoms with Gasteiger partial charge in [0.05, 0.1) is 17.6 Å². The first-order valence-corrected chi connectivity index (χ1v) is 8.04. The van der Waals surface area contributed by atoms with Crippen LogP contribution < -0.4 is 14.8 Å². The van der Waals surface area contributed by atoms with Crippen molar-refractivity contribution in [3.63, 3.8) is 0 Å². The normalized spacial score (nSPS) is 13.9. The molecule has 0 saturated heterocycles. The van der Waals surface area contributed by atoms with Crippen molar-refractivity contribution in [2.75, 3.05) is 18.5 Å². The van der Waals surface area contributed by atoms with Gasteiger partial charge in [-0.05, 0) is 30.3 Å². The molecule has 1 aromatic carbocycles. The van der Waals surface area contributed by atoms with Crippen LogP contribution in [0, 0.1) is 0 Å². The number of thiophene rings is 1. The average molecular weight is 336 g/mol. The van der Waals surface area contributed by atoms with Gasteiger partial charge in [-0.1, -0.05) is 11.6 Å². The number of nitrogens with one attached hydrogen (secondary N) is 1. The first kappa shape index (κ1) is 14.9. The Morgan fingerprint density at radius 1 is 1.18 bits per heavy atom. The lowest BCUT2D eigenvalue weighted by Crippen LogP contribution is -2.07. The third-order valence-corrected chi connectivity index (χ3v) is 4.20. The topological polar surface area (TPSA) is 47.6 Å². The number of fused-ring (bicyclic) bond motifs is 1. The average Bonchev–Trinajstić information content (AvgIpc) is 2.78. The number of rotatable bonds is 3. The number of amides is 1. The number of carbonyl (C=O) groups is 1. The molecule has 2 aromatic rings. The van der Waals surface area contributed by atoms with Gasteiger partial charge in [0.15, 0.2) is 11.5 Å². The maximum absolute atomic E-state index is 11.9. The summed E-state index contributed by atoms with van der Waals surface area (Å²) in [5.74, 6) is 1.16. The predicted molar refractivity (Wildman–Crippen MR) is 89.0 cm³/mol. The summed E-state index contributed by atoms with van der Waals surface area (Å²) in [6.45, 7) is 1.26. The quantitative estimate of drug-likeness (QED) is 0.854. The standard InChI is InChI=1S/C16H14ClNO3S/c17-15-6-3-12(22-15)4-7-16(19)18-11-2-5-13-14(10-11)21-9-1-8-20-13/h2-7,10H,1,8-9H2,(H,18,19)/b7-4+. The molecule has 0 bridgehead atoms. The van der Waals surface area contributed by atoms with E-state index >= 15 is 0 Å². The number of benzene rings is 1. The largest absolute Gasteiger partial charge is 0.490 e. The summed E-state index contributed by atoms with van der Waals surface area (Å²) in [7, 11) is 0. The fraction of sp³-hybridized carbons (Fsp3) is 0.188. The highest BCUT2D eigenvalue weighted by Gasteiger charge is 2.11. The van der Waals surface area contributed by atoms with Gasteiger partial charge < -0.3 is 14.8 Å². The summed E-state index contributed by atoms with van der Waals surface area (Å²) in [5.41, 5.74) is 0.670. The highest BCUT2D eigenvalue weighted by atomic mass is 35.5. The summed E-state index contributed by atoms with van der Waals surface area (Å²) in [4.78, 5) is 12.9. The minimum Gasteiger partial charge on any atom is -0.490 e. The number of carbonyl (C=O) groups excluding carboxylic acids is 1. The smallest absolute Gasteiger partial charge is 0.248 e. The molecule has 0 spiro atoms. The molecular weight excluding hydrogens is 322 g/mol. The van der Waals surface area contributed by atoms with Gasteiger partial charge in [0, 0.05) is 29.1 Å². The molecule has 6 heteroatoms. The van der Waals surface area contributed by atoms with Crippen LogP contribution in [0.25, 0.3) is 6.08 Å². The molecule has 1 aliphatic rings. The molecule has 1 aliphatic heterocycles. The molecular formula is C16H14ClNO3S. The van der Waals surface area contributed by atoms with Crippen LogP contribution in [0.15, 0.2) is 36.4 Å². The van der Waals surface area contributed by atoms with Gasteiger partial charge in [0.2, 0.25) is 5.91 Å². The van der Waals surface area contributed by atoms with E-state index < -0.39 is 0 Å². The highest BCUT2D eigenvalue weighted by Crippen LogP contribution is 2.32. The fourth-order valence-electron chi connectivity index (χ4n) is 2.00. The minimum absolute atomic E-state index is 0.209. The SMILES string of the molecule is O=C(/C=C/c1ccc(Cl)s1)Nc1ccc2c(c1)OCCCO2. The molecule has 0 atom stereocenters. The summed E-state index contributed by atoms with van der Waals surface area (Å²) < 4.78 is 11.8. The molecule has 2 heterocycles. The van der Waals surface area contributed by atoms with Crippen LogP contribution in [0.2, 0.25) is 4.34 Å². The maximum atomic E-state index is 11.9. The summed E-state index contributed by atoms with van der Waals surface area (Å²) in [6.07, 6.45) is 4.06. The van der Waals surface area contributed by atoms with Gasteiger partial charge >= 0.3 is 0 Å². The number of hydrogen-bond donors (Lipinski definition) is 1. The lowest BCUT2D eigenvalue weighted by Gasteiger charge is -2.09. The molecule has 1 amide bonds. The van der Waals surface area contributed by atoms with Crippen LogP contribution in [0.5, 0.6) is 11.5 Å². The van der Waals surface area contributed by atoms with E-state index in [-0.39, 0.29) is 5.91 Å². The summed E-state index contributed by atoms with van der Waals surface area (Å²) in [5, 5.41) is 2.80. The second-order valence-electron chi connectivity index (χ2n) is 4.68. The van der Waals surface area contributed by atoms with E-state index in [1.807, 2.05) is 6.07 Å². The van der Waals surface area contributed by atoms with Crippen molar-refractivity contribution in [3.05, 3.63) is 45.6 Å². The third-order valence-electron chi connectivity index (χ3n) is 3.01. The van der Waals surface area contributed by atoms with Crippen LogP contribution in [0.1, 0.15) is 11.3 Å². The monoisotopic (exact) mass is 335 g/mol. The van der Waals surface area contributed by atoms with E-state index in [1.165, 1.54) is 17.4 Å². The Hall–Kier alpha value is -1.98. The fourth-order valence-corrected chi connectivity index (χ4v) is 2.96. The number of hydrogen-bond acceptors (Lipinski definition) is 4. The van der Waals surface area contributed by atoms with Crippen LogP contribution in [0.4, 0.5) is 5.69 Å². The van der Waals surface area contributed by atoms with Crippen molar-refractivity contribution >= 4 is 40.6 Å². The van der Waals surface area contributed by atoms with Crippen molar-refractivity contribution < 1.29 is 14.3 Å². The molecule has 1 aromatic heterocycles. The minimum atomic E-state index is -0.209. The predicted octanol–water partition coefficient (Wildman–Crippen LogP) is 4.21. The van der Waals surface area contributed by atoms with Gasteiger partial charge in [0.25, 0.3) is 0 Å². The molecule has 0 saturated carbocycles. The lowest BCUT2D eigenvalue weighted by molar-refractivity contribution is -0.111. The number of anilines is 1. The van der Waals surface area contributed by atoms with E-state index in [4.69, 9.17) is 21.1 Å². The van der Waals surface area contributed by atoms with Crippen molar-refractivity contribution in [1.29, 1.82) is 0 Å². The molecule has 0 unspecified atom stereocenters. The zero-order chi connectivity index (χ0) is 15.4. The number of halogens is 1. The summed E-state index contributed by atoms with van der Waals surface area (Å²) in [6, 6.07) is 9.03. The van der Waals surface area contributed by atoms with Crippen molar-refractivity contribution in [2.24, 2.45) is 0 Å². The molecule has 4 nitrogen and oxygen atoms in total. The highest BCUT2D eigenvalue weighted by molar-refractivity contribution is 7.17. The molecule has 0 fully saturated rings.